The van der Waals surface area contributed by atoms with Crippen molar-refractivity contribution >= 4 is 22.4 Å². The Morgan fingerprint density at radius 1 is 1.37 bits per heavy atom. The van der Waals surface area contributed by atoms with Crippen LogP contribution < -0.4 is 10.2 Å². The third kappa shape index (κ3) is 3.68. The molecule has 5 heteroatoms. The highest BCUT2D eigenvalue weighted by molar-refractivity contribution is 5.95. The molecule has 1 aromatic carbocycles. The second kappa shape index (κ2) is 7.66. The van der Waals surface area contributed by atoms with E-state index in [1.54, 1.807) is 6.20 Å². The fourth-order valence-electron chi connectivity index (χ4n) is 4.73. The van der Waals surface area contributed by atoms with Gasteiger partial charge < -0.3 is 10.2 Å². The molecule has 0 amide bonds. The summed E-state index contributed by atoms with van der Waals surface area (Å²) in [5, 5.41) is 13.7. The highest BCUT2D eigenvalue weighted by atomic mass is 16.1. The van der Waals surface area contributed by atoms with E-state index in [-0.39, 0.29) is 6.04 Å². The summed E-state index contributed by atoms with van der Waals surface area (Å²) < 4.78 is 0. The molecule has 2 fully saturated rings. The van der Waals surface area contributed by atoms with Crippen molar-refractivity contribution in [1.29, 1.82) is 5.26 Å². The topological polar surface area (TPSA) is 69.0 Å². The lowest BCUT2D eigenvalue weighted by Gasteiger charge is -2.38. The Balaban J connectivity index is 1.57. The Hall–Kier alpha value is -2.45. The minimum atomic E-state index is 0.0654. The summed E-state index contributed by atoms with van der Waals surface area (Å²) >= 11 is 0. The minimum Gasteiger partial charge on any atom is -0.370 e. The van der Waals surface area contributed by atoms with Crippen molar-refractivity contribution in [3.8, 4) is 6.07 Å². The number of anilines is 1. The number of carbonyl (C=O) groups is 1. The number of hydrogen-bond donors (Lipinski definition) is 1. The molecule has 0 unspecified atom stereocenters. The number of rotatable bonds is 4. The molecular formula is C22H26N4O. The number of ketones is 1. The van der Waals surface area contributed by atoms with Crippen LogP contribution in [0.1, 0.15) is 38.2 Å². The molecule has 2 aliphatic rings. The minimum absolute atomic E-state index is 0.0654. The van der Waals surface area contributed by atoms with Crippen molar-refractivity contribution < 1.29 is 4.79 Å². The average Bonchev–Trinajstić information content (AvgIpc) is 3.21. The molecule has 0 saturated carbocycles. The third-order valence-corrected chi connectivity index (χ3v) is 5.89. The fraction of sp³-hybridized carbons (Fsp3) is 0.500. The lowest BCUT2D eigenvalue weighted by molar-refractivity contribution is -0.121. The fourth-order valence-corrected chi connectivity index (χ4v) is 4.73. The number of piperidine rings is 1. The number of nitrogens with one attached hydrogen (secondary N) is 1. The van der Waals surface area contributed by atoms with Gasteiger partial charge in [-0.3, -0.25) is 9.78 Å². The maximum atomic E-state index is 12.6. The van der Waals surface area contributed by atoms with Crippen LogP contribution in [0.5, 0.6) is 0 Å². The number of carbonyl (C=O) groups excluding carboxylic acids is 1. The SMILES string of the molecule is C[C@H]1C[C@@H](CC(=O)[C@H]2CCCN2)CN(c2ccc(C#N)c3ncccc23)C1. The number of hydrogen-bond acceptors (Lipinski definition) is 5. The highest BCUT2D eigenvalue weighted by Gasteiger charge is 2.30. The largest absolute Gasteiger partial charge is 0.370 e. The van der Waals surface area contributed by atoms with Crippen molar-refractivity contribution in [2.24, 2.45) is 11.8 Å². The molecule has 2 aromatic rings. The van der Waals surface area contributed by atoms with E-state index in [9.17, 15) is 10.1 Å². The Morgan fingerprint density at radius 2 is 2.26 bits per heavy atom. The monoisotopic (exact) mass is 362 g/mol. The van der Waals surface area contributed by atoms with Gasteiger partial charge in [0, 0.05) is 36.8 Å². The number of nitrogens with zero attached hydrogens (tertiary/aromatic N) is 3. The van der Waals surface area contributed by atoms with Gasteiger partial charge in [0.1, 0.15) is 11.9 Å². The molecule has 1 N–H and O–H groups in total. The van der Waals surface area contributed by atoms with Crippen molar-refractivity contribution in [2.45, 2.75) is 38.6 Å². The number of pyridine rings is 1. The maximum absolute atomic E-state index is 12.6. The predicted octanol–water partition coefficient (Wildman–Crippen LogP) is 3.28. The molecule has 2 aliphatic heterocycles. The third-order valence-electron chi connectivity index (χ3n) is 5.89. The number of Topliss-reactive ketones (excluding diaryl/α,β-unsaturated/α-hetero) is 1. The van der Waals surface area contributed by atoms with Gasteiger partial charge >= 0.3 is 0 Å². The summed E-state index contributed by atoms with van der Waals surface area (Å²) in [7, 11) is 0. The van der Waals surface area contributed by atoms with Gasteiger partial charge in [-0.15, -0.1) is 0 Å². The van der Waals surface area contributed by atoms with Crippen molar-refractivity contribution in [3.63, 3.8) is 0 Å². The summed E-state index contributed by atoms with van der Waals surface area (Å²) in [6, 6.07) is 10.2. The Labute approximate surface area is 160 Å². The van der Waals surface area contributed by atoms with Crippen LogP contribution >= 0.6 is 0 Å². The molecule has 5 nitrogen and oxygen atoms in total. The predicted molar refractivity (Wildman–Crippen MR) is 107 cm³/mol. The van der Waals surface area contributed by atoms with Gasteiger partial charge in [-0.05, 0) is 61.9 Å². The van der Waals surface area contributed by atoms with Crippen LogP contribution in [0.25, 0.3) is 10.9 Å². The van der Waals surface area contributed by atoms with E-state index in [2.05, 4.69) is 28.2 Å². The first-order valence-electron chi connectivity index (χ1n) is 9.94. The maximum Gasteiger partial charge on any atom is 0.150 e. The van der Waals surface area contributed by atoms with Crippen LogP contribution in [0.15, 0.2) is 30.5 Å². The number of benzene rings is 1. The zero-order chi connectivity index (χ0) is 18.8. The van der Waals surface area contributed by atoms with Crippen LogP contribution in [-0.4, -0.2) is 36.4 Å². The molecule has 0 bridgehead atoms. The second-order valence-electron chi connectivity index (χ2n) is 8.07. The van der Waals surface area contributed by atoms with Crippen molar-refractivity contribution in [2.75, 3.05) is 24.5 Å². The first-order chi connectivity index (χ1) is 13.2. The standard InChI is InChI=1S/C22H26N4O/c1-15-10-16(11-21(27)19-5-3-8-24-19)14-26(13-15)20-7-6-17(12-23)22-18(20)4-2-9-25-22/h2,4,6-7,9,15-16,19,24H,3,5,8,10-11,13-14H2,1H3/t15-,16-,19+/m0/s1. The first kappa shape index (κ1) is 17.9. The summed E-state index contributed by atoms with van der Waals surface area (Å²) in [6.45, 7) is 5.09. The summed E-state index contributed by atoms with van der Waals surface area (Å²) in [6.07, 6.45) is 5.58. The normalized spacial score (nSPS) is 25.5. The molecule has 3 heterocycles. The molecular weight excluding hydrogens is 336 g/mol. The zero-order valence-electron chi connectivity index (χ0n) is 15.8. The second-order valence-corrected chi connectivity index (χ2v) is 8.07. The molecule has 4 rings (SSSR count). The molecule has 0 radical (unpaired) electrons. The highest BCUT2D eigenvalue weighted by Crippen LogP contribution is 2.34. The van der Waals surface area contributed by atoms with Gasteiger partial charge in [0.05, 0.1) is 17.1 Å². The van der Waals surface area contributed by atoms with E-state index >= 15 is 0 Å². The molecule has 27 heavy (non-hydrogen) atoms. The molecule has 0 aliphatic carbocycles. The quantitative estimate of drug-likeness (QED) is 0.904. The molecule has 0 spiro atoms. The van der Waals surface area contributed by atoms with E-state index < -0.39 is 0 Å². The Kier molecular flexibility index (Phi) is 5.09. The first-order valence-corrected chi connectivity index (χ1v) is 9.94. The Bertz CT molecular complexity index is 882. The van der Waals surface area contributed by atoms with Crippen molar-refractivity contribution in [1.82, 2.24) is 10.3 Å². The number of fused-ring (bicyclic) bond motifs is 1. The summed E-state index contributed by atoms with van der Waals surface area (Å²) in [4.78, 5) is 19.5. The van der Waals surface area contributed by atoms with E-state index in [4.69, 9.17) is 0 Å². The van der Waals surface area contributed by atoms with E-state index in [0.29, 0.717) is 29.6 Å². The van der Waals surface area contributed by atoms with Crippen LogP contribution in [0.2, 0.25) is 0 Å². The smallest absolute Gasteiger partial charge is 0.150 e. The van der Waals surface area contributed by atoms with Gasteiger partial charge in [0.15, 0.2) is 0 Å². The number of nitriles is 1. The lowest BCUT2D eigenvalue weighted by Crippen LogP contribution is -2.42. The van der Waals surface area contributed by atoms with Gasteiger partial charge in [0.2, 0.25) is 0 Å². The van der Waals surface area contributed by atoms with Crippen LogP contribution in [-0.2, 0) is 4.79 Å². The van der Waals surface area contributed by atoms with E-state index in [1.807, 2.05) is 24.3 Å². The van der Waals surface area contributed by atoms with Gasteiger partial charge in [-0.2, -0.15) is 5.26 Å². The summed E-state index contributed by atoms with van der Waals surface area (Å²) in [5.41, 5.74) is 2.50. The molecule has 2 saturated heterocycles. The lowest BCUT2D eigenvalue weighted by atomic mass is 9.85. The number of aromatic nitrogens is 1. The Morgan fingerprint density at radius 3 is 3.04 bits per heavy atom. The zero-order valence-corrected chi connectivity index (χ0v) is 15.8. The summed E-state index contributed by atoms with van der Waals surface area (Å²) in [5.74, 6) is 1.29. The molecule has 3 atom stereocenters. The van der Waals surface area contributed by atoms with Crippen LogP contribution in [0, 0.1) is 23.2 Å². The van der Waals surface area contributed by atoms with E-state index in [1.165, 1.54) is 0 Å². The molecule has 140 valence electrons. The van der Waals surface area contributed by atoms with Crippen molar-refractivity contribution in [3.05, 3.63) is 36.0 Å². The van der Waals surface area contributed by atoms with E-state index in [0.717, 1.165) is 55.5 Å². The average molecular weight is 362 g/mol. The van der Waals surface area contributed by atoms with Crippen LogP contribution in [0.4, 0.5) is 5.69 Å². The molecule has 1 aromatic heterocycles. The van der Waals surface area contributed by atoms with Gasteiger partial charge in [-0.25, -0.2) is 0 Å². The van der Waals surface area contributed by atoms with Gasteiger partial charge in [-0.1, -0.05) is 6.92 Å². The van der Waals surface area contributed by atoms with Crippen LogP contribution in [0.3, 0.4) is 0 Å². The van der Waals surface area contributed by atoms with Gasteiger partial charge in [0.25, 0.3) is 0 Å².